The summed E-state index contributed by atoms with van der Waals surface area (Å²) in [5.74, 6) is -0.547. The Labute approximate surface area is 115 Å². The number of carbonyl (C=O) groups excluding carboxylic acids is 1. The van der Waals surface area contributed by atoms with Crippen molar-refractivity contribution in [3.63, 3.8) is 0 Å². The third-order valence-corrected chi connectivity index (χ3v) is 3.16. The van der Waals surface area contributed by atoms with Crippen molar-refractivity contribution in [1.82, 2.24) is 0 Å². The fourth-order valence-corrected chi connectivity index (χ4v) is 2.22. The monoisotopic (exact) mass is 274 g/mol. The Kier molecular flexibility index (Phi) is 4.15. The first kappa shape index (κ1) is 13.8. The summed E-state index contributed by atoms with van der Waals surface area (Å²) in [7, 11) is 0. The first-order chi connectivity index (χ1) is 9.61. The minimum Gasteiger partial charge on any atom is -0.371 e. The number of anilines is 2. The number of nitro benzene ring substituents is 1. The first-order valence-electron chi connectivity index (χ1n) is 6.32. The Morgan fingerprint density at radius 1 is 1.45 bits per heavy atom. The van der Waals surface area contributed by atoms with Gasteiger partial charge in [-0.15, -0.1) is 0 Å². The van der Waals surface area contributed by atoms with Crippen molar-refractivity contribution in [2.75, 3.05) is 23.3 Å². The van der Waals surface area contributed by atoms with Crippen molar-refractivity contribution < 1.29 is 9.72 Å². The summed E-state index contributed by atoms with van der Waals surface area (Å²) >= 11 is 0. The van der Waals surface area contributed by atoms with E-state index >= 15 is 0 Å². The molecular formula is C13H14N4O3. The average Bonchev–Trinajstić information content (AvgIpc) is 2.92. The molecule has 0 bridgehead atoms. The SMILES string of the molecule is N#CCC(=O)Nc1cc(N2CCCC2)ccc1[N+](=O)[O-]. The molecule has 0 saturated carbocycles. The molecule has 1 aromatic rings. The molecule has 0 atom stereocenters. The zero-order valence-corrected chi connectivity index (χ0v) is 10.8. The molecule has 20 heavy (non-hydrogen) atoms. The molecule has 1 aromatic carbocycles. The average molecular weight is 274 g/mol. The normalized spacial score (nSPS) is 13.8. The van der Waals surface area contributed by atoms with E-state index in [2.05, 4.69) is 10.2 Å². The molecule has 1 N–H and O–H groups in total. The van der Waals surface area contributed by atoms with Crippen LogP contribution >= 0.6 is 0 Å². The van der Waals surface area contributed by atoms with Gasteiger partial charge in [0.15, 0.2) is 0 Å². The lowest BCUT2D eigenvalue weighted by molar-refractivity contribution is -0.383. The van der Waals surface area contributed by atoms with E-state index in [1.54, 1.807) is 18.2 Å². The second-order valence-corrected chi connectivity index (χ2v) is 4.54. The van der Waals surface area contributed by atoms with Gasteiger partial charge in [0.1, 0.15) is 12.1 Å². The summed E-state index contributed by atoms with van der Waals surface area (Å²) in [5.41, 5.74) is 0.819. The number of nitrogens with zero attached hydrogens (tertiary/aromatic N) is 3. The molecule has 7 heteroatoms. The van der Waals surface area contributed by atoms with Crippen LogP contribution in [-0.2, 0) is 4.79 Å². The standard InChI is InChI=1S/C13H14N4O3/c14-6-5-13(18)15-11-9-10(16-7-1-2-8-16)3-4-12(11)17(19)20/h3-4,9H,1-2,5,7-8H2,(H,15,18). The van der Waals surface area contributed by atoms with Gasteiger partial charge < -0.3 is 10.2 Å². The summed E-state index contributed by atoms with van der Waals surface area (Å²) in [6.07, 6.45) is 1.85. The Bertz CT molecular complexity index is 573. The van der Waals surface area contributed by atoms with Crippen LogP contribution < -0.4 is 10.2 Å². The van der Waals surface area contributed by atoms with Gasteiger partial charge in [0.05, 0.1) is 11.0 Å². The zero-order chi connectivity index (χ0) is 14.5. The van der Waals surface area contributed by atoms with Crippen molar-refractivity contribution in [3.8, 4) is 6.07 Å². The number of benzene rings is 1. The highest BCUT2D eigenvalue weighted by atomic mass is 16.6. The Balaban J connectivity index is 2.29. The largest absolute Gasteiger partial charge is 0.371 e. The number of nitrogens with one attached hydrogen (secondary N) is 1. The van der Waals surface area contributed by atoms with Crippen LogP contribution in [0.1, 0.15) is 19.3 Å². The Morgan fingerprint density at radius 2 is 2.15 bits per heavy atom. The minimum absolute atomic E-state index is 0.139. The van der Waals surface area contributed by atoms with Crippen LogP contribution in [0, 0.1) is 21.4 Å². The molecule has 0 aliphatic carbocycles. The van der Waals surface area contributed by atoms with Crippen LogP contribution in [0.2, 0.25) is 0 Å². The lowest BCUT2D eigenvalue weighted by atomic mass is 10.2. The van der Waals surface area contributed by atoms with Crippen molar-refractivity contribution in [3.05, 3.63) is 28.3 Å². The molecule has 1 fully saturated rings. The van der Waals surface area contributed by atoms with E-state index in [-0.39, 0.29) is 17.8 Å². The third-order valence-electron chi connectivity index (χ3n) is 3.16. The number of nitriles is 1. The van der Waals surface area contributed by atoms with Crippen LogP contribution in [0.4, 0.5) is 17.1 Å². The van der Waals surface area contributed by atoms with Gasteiger partial charge in [-0.25, -0.2) is 0 Å². The highest BCUT2D eigenvalue weighted by Gasteiger charge is 2.19. The van der Waals surface area contributed by atoms with E-state index in [4.69, 9.17) is 5.26 Å². The summed E-state index contributed by atoms with van der Waals surface area (Å²) in [6.45, 7) is 1.81. The van der Waals surface area contributed by atoms with Crippen molar-refractivity contribution in [2.45, 2.75) is 19.3 Å². The van der Waals surface area contributed by atoms with Crippen LogP contribution in [0.25, 0.3) is 0 Å². The zero-order valence-electron chi connectivity index (χ0n) is 10.8. The Hall–Kier alpha value is -2.62. The van der Waals surface area contributed by atoms with E-state index in [9.17, 15) is 14.9 Å². The summed E-state index contributed by atoms with van der Waals surface area (Å²) in [4.78, 5) is 24.0. The summed E-state index contributed by atoms with van der Waals surface area (Å²) in [5, 5.41) is 21.9. The van der Waals surface area contributed by atoms with Gasteiger partial charge in [0.25, 0.3) is 5.69 Å². The first-order valence-corrected chi connectivity index (χ1v) is 6.32. The van der Waals surface area contributed by atoms with Crippen molar-refractivity contribution in [1.29, 1.82) is 5.26 Å². The molecule has 0 aromatic heterocycles. The van der Waals surface area contributed by atoms with Gasteiger partial charge >= 0.3 is 0 Å². The van der Waals surface area contributed by atoms with Crippen molar-refractivity contribution >= 4 is 23.0 Å². The highest BCUT2D eigenvalue weighted by molar-refractivity contribution is 5.95. The number of nitro groups is 1. The van der Waals surface area contributed by atoms with E-state index in [1.165, 1.54) is 6.07 Å². The molecule has 1 saturated heterocycles. The molecule has 1 aliphatic heterocycles. The van der Waals surface area contributed by atoms with Gasteiger partial charge in [0.2, 0.25) is 5.91 Å². The quantitative estimate of drug-likeness (QED) is 0.669. The molecule has 1 aliphatic rings. The second kappa shape index (κ2) is 6.02. The maximum atomic E-state index is 11.5. The predicted molar refractivity (Wildman–Crippen MR) is 73.4 cm³/mol. The van der Waals surface area contributed by atoms with E-state index in [1.807, 2.05) is 0 Å². The molecule has 1 amide bonds. The highest BCUT2D eigenvalue weighted by Crippen LogP contribution is 2.31. The second-order valence-electron chi connectivity index (χ2n) is 4.54. The lowest BCUT2D eigenvalue weighted by Gasteiger charge is -2.18. The molecule has 0 unspecified atom stereocenters. The molecule has 2 rings (SSSR count). The topological polar surface area (TPSA) is 99.3 Å². The third kappa shape index (κ3) is 3.03. The molecule has 7 nitrogen and oxygen atoms in total. The van der Waals surface area contributed by atoms with Crippen LogP contribution in [-0.4, -0.2) is 23.9 Å². The van der Waals surface area contributed by atoms with Crippen molar-refractivity contribution in [2.24, 2.45) is 0 Å². The van der Waals surface area contributed by atoms with E-state index in [0.29, 0.717) is 0 Å². The predicted octanol–water partition coefficient (Wildman–Crippen LogP) is 2.05. The van der Waals surface area contributed by atoms with Crippen LogP contribution in [0.3, 0.4) is 0 Å². The number of carbonyl (C=O) groups is 1. The molecule has 0 radical (unpaired) electrons. The van der Waals surface area contributed by atoms with E-state index in [0.717, 1.165) is 31.6 Å². The number of amides is 1. The summed E-state index contributed by atoms with van der Waals surface area (Å²) in [6, 6.07) is 6.38. The van der Waals surface area contributed by atoms with Gasteiger partial charge in [0, 0.05) is 24.8 Å². The van der Waals surface area contributed by atoms with Gasteiger partial charge in [-0.1, -0.05) is 0 Å². The smallest absolute Gasteiger partial charge is 0.292 e. The molecular weight excluding hydrogens is 260 g/mol. The van der Waals surface area contributed by atoms with Gasteiger partial charge in [-0.05, 0) is 25.0 Å². The van der Waals surface area contributed by atoms with E-state index < -0.39 is 10.8 Å². The maximum absolute atomic E-state index is 11.5. The maximum Gasteiger partial charge on any atom is 0.292 e. The fraction of sp³-hybridized carbons (Fsp3) is 0.385. The summed E-state index contributed by atoms with van der Waals surface area (Å²) < 4.78 is 0. The molecule has 104 valence electrons. The minimum atomic E-state index is -0.547. The van der Waals surface area contributed by atoms with Crippen LogP contribution in [0.15, 0.2) is 18.2 Å². The van der Waals surface area contributed by atoms with Crippen LogP contribution in [0.5, 0.6) is 0 Å². The number of hydrogen-bond donors (Lipinski definition) is 1. The number of rotatable bonds is 4. The number of hydrogen-bond acceptors (Lipinski definition) is 5. The van der Waals surface area contributed by atoms with Gasteiger partial charge in [-0.2, -0.15) is 5.26 Å². The van der Waals surface area contributed by atoms with Gasteiger partial charge in [-0.3, -0.25) is 14.9 Å². The molecule has 1 heterocycles. The lowest BCUT2D eigenvalue weighted by Crippen LogP contribution is -2.18. The fourth-order valence-electron chi connectivity index (χ4n) is 2.22. The Morgan fingerprint density at radius 3 is 2.75 bits per heavy atom. The molecule has 0 spiro atoms.